The molecule has 2 N–H and O–H groups in total. The summed E-state index contributed by atoms with van der Waals surface area (Å²) < 4.78 is 50.2. The SMILES string of the molecule is CC(C)(O)c1cc(-c2nccs2)c2oc(N3CC4CC(C3)N4C(=O)O)nc2c1OC(F)(F)F. The molecule has 2 unspecified atom stereocenters. The summed E-state index contributed by atoms with van der Waals surface area (Å²) in [7, 11) is 0. The number of piperidine rings is 1. The third-order valence-corrected chi connectivity index (χ3v) is 6.64. The Hall–Kier alpha value is -3.06. The van der Waals surface area contributed by atoms with Gasteiger partial charge < -0.3 is 24.3 Å². The van der Waals surface area contributed by atoms with E-state index in [0.717, 1.165) is 0 Å². The highest BCUT2D eigenvalue weighted by molar-refractivity contribution is 7.13. The van der Waals surface area contributed by atoms with Gasteiger partial charge in [0.05, 0.1) is 23.2 Å². The molecule has 0 radical (unpaired) electrons. The molecule has 3 fully saturated rings. The normalized spacial score (nSPS) is 20.8. The highest BCUT2D eigenvalue weighted by Gasteiger charge is 2.48. The van der Waals surface area contributed by atoms with E-state index in [2.05, 4.69) is 14.7 Å². The molecule has 6 rings (SSSR count). The van der Waals surface area contributed by atoms with Crippen LogP contribution in [0.2, 0.25) is 0 Å². The second kappa shape index (κ2) is 7.22. The molecule has 3 aliphatic rings. The number of piperazine rings is 1. The van der Waals surface area contributed by atoms with Crippen LogP contribution in [0.1, 0.15) is 25.8 Å². The molecular formula is C20H19F3N4O5S. The Kier molecular flexibility index (Phi) is 4.76. The molecule has 0 spiro atoms. The smallest absolute Gasteiger partial charge is 0.465 e. The van der Waals surface area contributed by atoms with Crippen molar-refractivity contribution >= 4 is 34.5 Å². The van der Waals surface area contributed by atoms with Crippen molar-refractivity contribution in [2.75, 3.05) is 18.0 Å². The second-order valence-corrected chi connectivity index (χ2v) is 9.45. The zero-order chi connectivity index (χ0) is 23.7. The summed E-state index contributed by atoms with van der Waals surface area (Å²) in [5.74, 6) is -0.644. The number of carboxylic acid groups (broad SMARTS) is 1. The Morgan fingerprint density at radius 1 is 1.30 bits per heavy atom. The molecule has 0 aliphatic carbocycles. The van der Waals surface area contributed by atoms with Crippen LogP contribution in [0.4, 0.5) is 24.0 Å². The minimum absolute atomic E-state index is 0.0431. The van der Waals surface area contributed by atoms with Crippen molar-refractivity contribution in [3.05, 3.63) is 23.2 Å². The summed E-state index contributed by atoms with van der Waals surface area (Å²) in [4.78, 5) is 23.0. The molecule has 13 heteroatoms. The van der Waals surface area contributed by atoms with Gasteiger partial charge in [-0.1, -0.05) is 0 Å². The Bertz CT molecular complexity index is 1210. The fraction of sp³-hybridized carbons (Fsp3) is 0.450. The summed E-state index contributed by atoms with van der Waals surface area (Å²) in [5.41, 5.74) is -1.58. The molecule has 3 aliphatic heterocycles. The highest BCUT2D eigenvalue weighted by Crippen LogP contribution is 2.46. The van der Waals surface area contributed by atoms with E-state index >= 15 is 0 Å². The van der Waals surface area contributed by atoms with Gasteiger partial charge in [-0.3, -0.25) is 4.90 Å². The average Bonchev–Trinajstić information content (AvgIpc) is 3.36. The molecule has 2 atom stereocenters. The van der Waals surface area contributed by atoms with E-state index in [1.165, 1.54) is 36.2 Å². The number of ether oxygens (including phenoxy) is 1. The standard InChI is InChI=1S/C20H19F3N4O5S/c1-19(2,30)12-6-11(16-24-3-4-33-16)14-13(15(12)32-20(21,22)23)25-17(31-14)26-7-9-5-10(8-26)27(9)18(28)29/h3-4,6,9-10,30H,5,7-8H2,1-2H3,(H,28,29). The zero-order valence-electron chi connectivity index (χ0n) is 17.5. The Morgan fingerprint density at radius 2 is 2.00 bits per heavy atom. The fourth-order valence-corrected chi connectivity index (χ4v) is 5.10. The number of anilines is 1. The second-order valence-electron chi connectivity index (χ2n) is 8.56. The monoisotopic (exact) mass is 484 g/mol. The van der Waals surface area contributed by atoms with Gasteiger partial charge in [-0.2, -0.15) is 4.98 Å². The zero-order valence-corrected chi connectivity index (χ0v) is 18.3. The maximum absolute atomic E-state index is 13.3. The molecule has 33 heavy (non-hydrogen) atoms. The van der Waals surface area contributed by atoms with Crippen LogP contribution < -0.4 is 9.64 Å². The van der Waals surface area contributed by atoms with Gasteiger partial charge in [0, 0.05) is 30.2 Å². The Morgan fingerprint density at radius 3 is 2.55 bits per heavy atom. The number of amides is 1. The fourth-order valence-electron chi connectivity index (χ4n) is 4.45. The molecule has 2 aromatic heterocycles. The number of oxazole rings is 1. The first-order valence-electron chi connectivity index (χ1n) is 10.0. The maximum Gasteiger partial charge on any atom is 0.573 e. The summed E-state index contributed by atoms with van der Waals surface area (Å²) >= 11 is 1.26. The van der Waals surface area contributed by atoms with Crippen molar-refractivity contribution in [3.8, 4) is 16.3 Å². The number of nitrogens with zero attached hydrogens (tertiary/aromatic N) is 4. The van der Waals surface area contributed by atoms with Gasteiger partial charge in [-0.15, -0.1) is 24.5 Å². The van der Waals surface area contributed by atoms with Gasteiger partial charge in [0.2, 0.25) is 0 Å². The highest BCUT2D eigenvalue weighted by atomic mass is 32.1. The molecule has 0 saturated carbocycles. The van der Waals surface area contributed by atoms with Crippen molar-refractivity contribution in [2.24, 2.45) is 0 Å². The molecular weight excluding hydrogens is 465 g/mol. The lowest BCUT2D eigenvalue weighted by atomic mass is 9.88. The van der Waals surface area contributed by atoms with Crippen LogP contribution in [-0.4, -0.2) is 62.7 Å². The first-order valence-corrected chi connectivity index (χ1v) is 10.9. The maximum atomic E-state index is 13.3. The first-order chi connectivity index (χ1) is 15.4. The number of aromatic nitrogens is 2. The van der Waals surface area contributed by atoms with Gasteiger partial charge in [-0.05, 0) is 26.3 Å². The van der Waals surface area contributed by atoms with Crippen molar-refractivity contribution in [1.29, 1.82) is 0 Å². The summed E-state index contributed by atoms with van der Waals surface area (Å²) in [6, 6.07) is 0.944. The number of alkyl halides is 3. The van der Waals surface area contributed by atoms with Gasteiger partial charge >= 0.3 is 12.5 Å². The number of aliphatic hydroxyl groups is 1. The number of rotatable bonds is 4. The lowest BCUT2D eigenvalue weighted by Gasteiger charge is -2.54. The minimum Gasteiger partial charge on any atom is -0.465 e. The molecule has 3 aromatic rings. The third-order valence-electron chi connectivity index (χ3n) is 5.83. The predicted molar refractivity (Wildman–Crippen MR) is 111 cm³/mol. The number of hydrogen-bond acceptors (Lipinski definition) is 8. The molecule has 3 saturated heterocycles. The third kappa shape index (κ3) is 3.74. The topological polar surface area (TPSA) is 112 Å². The van der Waals surface area contributed by atoms with Gasteiger partial charge in [0.15, 0.2) is 16.8 Å². The van der Waals surface area contributed by atoms with Crippen LogP contribution >= 0.6 is 11.3 Å². The average molecular weight is 484 g/mol. The molecule has 1 aromatic carbocycles. The first kappa shape index (κ1) is 21.8. The van der Waals surface area contributed by atoms with E-state index in [9.17, 15) is 28.2 Å². The van der Waals surface area contributed by atoms with Crippen LogP contribution in [0, 0.1) is 0 Å². The molecule has 1 amide bonds. The van der Waals surface area contributed by atoms with E-state index < -0.39 is 23.8 Å². The largest absolute Gasteiger partial charge is 0.573 e. The van der Waals surface area contributed by atoms with Crippen molar-refractivity contribution in [3.63, 3.8) is 0 Å². The number of thiazole rings is 1. The van der Waals surface area contributed by atoms with Crippen LogP contribution in [0.5, 0.6) is 5.75 Å². The molecule has 5 heterocycles. The Balaban J connectivity index is 1.66. The van der Waals surface area contributed by atoms with E-state index in [-0.39, 0.29) is 34.8 Å². The van der Waals surface area contributed by atoms with Crippen molar-refractivity contribution in [1.82, 2.24) is 14.9 Å². The summed E-state index contributed by atoms with van der Waals surface area (Å²) in [6.45, 7) is 3.30. The number of carbonyl (C=O) groups is 1. The van der Waals surface area contributed by atoms with Gasteiger partial charge in [0.1, 0.15) is 5.01 Å². The van der Waals surface area contributed by atoms with E-state index in [1.54, 1.807) is 16.5 Å². The predicted octanol–water partition coefficient (Wildman–Crippen LogP) is 4.02. The lowest BCUT2D eigenvalue weighted by molar-refractivity contribution is -0.274. The molecule has 9 nitrogen and oxygen atoms in total. The van der Waals surface area contributed by atoms with E-state index in [4.69, 9.17) is 4.42 Å². The van der Waals surface area contributed by atoms with Crippen LogP contribution in [0.25, 0.3) is 21.7 Å². The van der Waals surface area contributed by atoms with E-state index in [1.807, 2.05) is 0 Å². The number of hydrogen-bond donors (Lipinski definition) is 2. The number of benzene rings is 1. The quantitative estimate of drug-likeness (QED) is 0.571. The lowest BCUT2D eigenvalue weighted by Crippen LogP contribution is -2.70. The number of halogens is 3. The van der Waals surface area contributed by atoms with Crippen molar-refractivity contribution in [2.45, 2.75) is 44.3 Å². The van der Waals surface area contributed by atoms with Crippen LogP contribution in [-0.2, 0) is 5.60 Å². The van der Waals surface area contributed by atoms with E-state index in [0.29, 0.717) is 30.1 Å². The summed E-state index contributed by atoms with van der Waals surface area (Å²) in [5, 5.41) is 22.1. The van der Waals surface area contributed by atoms with Crippen LogP contribution in [0.3, 0.4) is 0 Å². The van der Waals surface area contributed by atoms with Gasteiger partial charge in [0.25, 0.3) is 6.01 Å². The van der Waals surface area contributed by atoms with Crippen LogP contribution in [0.15, 0.2) is 22.1 Å². The van der Waals surface area contributed by atoms with Crippen molar-refractivity contribution < 1.29 is 37.3 Å². The Labute approximate surface area is 189 Å². The molecule has 2 bridgehead atoms. The minimum atomic E-state index is -5.02. The molecule has 176 valence electrons. The number of fused-ring (bicyclic) bond motifs is 3. The van der Waals surface area contributed by atoms with Gasteiger partial charge in [-0.25, -0.2) is 9.78 Å². The summed E-state index contributed by atoms with van der Waals surface area (Å²) in [6.07, 6.45) is -3.77.